The van der Waals surface area contributed by atoms with Gasteiger partial charge in [0.1, 0.15) is 5.60 Å². The molecule has 1 aromatic rings. The number of hydrogen-bond acceptors (Lipinski definition) is 2. The van der Waals surface area contributed by atoms with Gasteiger partial charge in [-0.2, -0.15) is 0 Å². The molecular weight excluding hydrogens is 324 g/mol. The van der Waals surface area contributed by atoms with E-state index in [1.165, 1.54) is 28.2 Å². The molecule has 2 atom stereocenters. The highest BCUT2D eigenvalue weighted by Crippen LogP contribution is 2.40. The van der Waals surface area contributed by atoms with Gasteiger partial charge in [-0.25, -0.2) is 4.79 Å². The zero-order valence-electron chi connectivity index (χ0n) is 17.2. The van der Waals surface area contributed by atoms with Crippen molar-refractivity contribution in [3.8, 4) is 0 Å². The number of nitrogens with zero attached hydrogens (tertiary/aromatic N) is 1. The van der Waals surface area contributed by atoms with Crippen molar-refractivity contribution in [2.75, 3.05) is 6.54 Å². The normalized spacial score (nSPS) is 27.8. The van der Waals surface area contributed by atoms with Crippen molar-refractivity contribution in [2.24, 2.45) is 17.8 Å². The SMILES string of the molecule is C/C=c1/c2c([nH]/c1=C/C1C(C)CC1C)CCCN(C(=O)OC(C)(C)C)C2. The van der Waals surface area contributed by atoms with E-state index in [1.807, 2.05) is 25.7 Å². The summed E-state index contributed by atoms with van der Waals surface area (Å²) in [6.07, 6.45) is 7.68. The summed E-state index contributed by atoms with van der Waals surface area (Å²) in [5.74, 6) is 2.17. The number of carbonyl (C=O) groups is 1. The standard InChI is InChI=1S/C22H34N2O2/c1-7-16-18-13-24(21(25)26-22(4,5)6)10-8-9-19(18)23-20(16)12-17-14(2)11-15(17)3/h7,12,14-15,17,23H,8-11,13H2,1-6H3/b16-7-,20-12+. The number of aromatic amines is 1. The van der Waals surface area contributed by atoms with E-state index in [0.717, 1.165) is 31.2 Å². The highest BCUT2D eigenvalue weighted by molar-refractivity contribution is 5.68. The van der Waals surface area contributed by atoms with Gasteiger partial charge in [0.2, 0.25) is 0 Å². The number of hydrogen-bond donors (Lipinski definition) is 1. The van der Waals surface area contributed by atoms with Gasteiger partial charge in [-0.3, -0.25) is 0 Å². The third kappa shape index (κ3) is 3.84. The Hall–Kier alpha value is -1.71. The van der Waals surface area contributed by atoms with Crippen molar-refractivity contribution in [3.05, 3.63) is 21.8 Å². The van der Waals surface area contributed by atoms with Crippen LogP contribution in [0.3, 0.4) is 0 Å². The zero-order valence-corrected chi connectivity index (χ0v) is 17.2. The molecule has 1 aliphatic heterocycles. The Balaban J connectivity index is 1.92. The van der Waals surface area contributed by atoms with Gasteiger partial charge < -0.3 is 14.6 Å². The lowest BCUT2D eigenvalue weighted by Gasteiger charge is -2.39. The number of H-pyrrole nitrogens is 1. The van der Waals surface area contributed by atoms with Crippen LogP contribution in [0.2, 0.25) is 0 Å². The summed E-state index contributed by atoms with van der Waals surface area (Å²) >= 11 is 0. The van der Waals surface area contributed by atoms with Crippen LogP contribution in [0.1, 0.15) is 65.6 Å². The summed E-state index contributed by atoms with van der Waals surface area (Å²) in [6.45, 7) is 13.9. The van der Waals surface area contributed by atoms with E-state index >= 15 is 0 Å². The van der Waals surface area contributed by atoms with E-state index < -0.39 is 5.60 Å². The first-order chi connectivity index (χ1) is 12.2. The summed E-state index contributed by atoms with van der Waals surface area (Å²) < 4.78 is 5.61. The Morgan fingerprint density at radius 1 is 1.27 bits per heavy atom. The molecule has 0 saturated heterocycles. The van der Waals surface area contributed by atoms with Gasteiger partial charge in [-0.05, 0) is 70.3 Å². The maximum atomic E-state index is 12.6. The van der Waals surface area contributed by atoms with Crippen LogP contribution in [0, 0.1) is 17.8 Å². The van der Waals surface area contributed by atoms with Crippen LogP contribution in [0.25, 0.3) is 12.2 Å². The fraction of sp³-hybridized carbons (Fsp3) is 0.682. The molecule has 3 rings (SSSR count). The lowest BCUT2D eigenvalue weighted by Crippen LogP contribution is -2.39. The molecule has 2 unspecified atom stereocenters. The van der Waals surface area contributed by atoms with Gasteiger partial charge in [0.25, 0.3) is 0 Å². The second-order valence-corrected chi connectivity index (χ2v) is 9.14. The second kappa shape index (κ2) is 7.13. The van der Waals surface area contributed by atoms with Gasteiger partial charge in [0, 0.05) is 22.8 Å². The minimum atomic E-state index is -0.459. The third-order valence-corrected chi connectivity index (χ3v) is 5.83. The van der Waals surface area contributed by atoms with Crippen molar-refractivity contribution in [2.45, 2.75) is 73.0 Å². The Bertz CT molecular complexity index is 776. The number of nitrogens with one attached hydrogen (secondary N) is 1. The first kappa shape index (κ1) is 19.1. The highest BCUT2D eigenvalue weighted by Gasteiger charge is 2.33. The number of rotatable bonds is 1. The van der Waals surface area contributed by atoms with Gasteiger partial charge in [0.05, 0.1) is 6.54 Å². The maximum absolute atomic E-state index is 12.6. The van der Waals surface area contributed by atoms with E-state index in [4.69, 9.17) is 4.74 Å². The van der Waals surface area contributed by atoms with Crippen molar-refractivity contribution in [3.63, 3.8) is 0 Å². The van der Waals surface area contributed by atoms with Crippen LogP contribution in [-0.2, 0) is 17.7 Å². The molecule has 26 heavy (non-hydrogen) atoms. The third-order valence-electron chi connectivity index (χ3n) is 5.83. The average molecular weight is 359 g/mol. The first-order valence-corrected chi connectivity index (χ1v) is 10.1. The Morgan fingerprint density at radius 3 is 2.54 bits per heavy atom. The van der Waals surface area contributed by atoms with Gasteiger partial charge >= 0.3 is 6.09 Å². The molecule has 0 aromatic carbocycles. The summed E-state index contributed by atoms with van der Waals surface area (Å²) in [7, 11) is 0. The predicted octanol–water partition coefficient (Wildman–Crippen LogP) is 3.57. The van der Waals surface area contributed by atoms with Crippen LogP contribution in [0.15, 0.2) is 0 Å². The molecule has 0 bridgehead atoms. The van der Waals surface area contributed by atoms with Crippen molar-refractivity contribution in [1.82, 2.24) is 9.88 Å². The maximum Gasteiger partial charge on any atom is 0.410 e. The molecule has 1 aromatic heterocycles. The number of carbonyl (C=O) groups excluding carboxylic acids is 1. The average Bonchev–Trinajstić information content (AvgIpc) is 2.72. The lowest BCUT2D eigenvalue weighted by molar-refractivity contribution is 0.0236. The van der Waals surface area contributed by atoms with E-state index in [0.29, 0.717) is 12.5 Å². The molecule has 2 aliphatic rings. The minimum Gasteiger partial charge on any atom is -0.444 e. The Labute approximate surface area is 157 Å². The van der Waals surface area contributed by atoms with Crippen LogP contribution < -0.4 is 10.6 Å². The molecule has 1 aliphatic carbocycles. The molecule has 4 nitrogen and oxygen atoms in total. The molecule has 4 heteroatoms. The molecular formula is C22H34N2O2. The number of fused-ring (bicyclic) bond motifs is 1. The van der Waals surface area contributed by atoms with Crippen molar-refractivity contribution >= 4 is 18.2 Å². The summed E-state index contributed by atoms with van der Waals surface area (Å²) in [4.78, 5) is 18.1. The monoisotopic (exact) mass is 358 g/mol. The summed E-state index contributed by atoms with van der Waals surface area (Å²) in [6, 6.07) is 0. The minimum absolute atomic E-state index is 0.208. The molecule has 0 spiro atoms. The lowest BCUT2D eigenvalue weighted by atomic mass is 9.66. The molecule has 0 radical (unpaired) electrons. The largest absolute Gasteiger partial charge is 0.444 e. The molecule has 1 fully saturated rings. The Morgan fingerprint density at radius 2 is 1.96 bits per heavy atom. The number of amides is 1. The van der Waals surface area contributed by atoms with Crippen LogP contribution in [0.4, 0.5) is 4.79 Å². The Kier molecular flexibility index (Phi) is 5.23. The summed E-state index contributed by atoms with van der Waals surface area (Å²) in [5.41, 5.74) is 2.09. The zero-order chi connectivity index (χ0) is 19.1. The van der Waals surface area contributed by atoms with Gasteiger partial charge in [-0.1, -0.05) is 26.0 Å². The first-order valence-electron chi connectivity index (χ1n) is 10.1. The van der Waals surface area contributed by atoms with E-state index in [-0.39, 0.29) is 6.09 Å². The molecule has 2 heterocycles. The quantitative estimate of drug-likeness (QED) is 0.834. The fourth-order valence-electron chi connectivity index (χ4n) is 4.47. The molecule has 1 amide bonds. The van der Waals surface area contributed by atoms with Crippen molar-refractivity contribution in [1.29, 1.82) is 0 Å². The molecule has 1 saturated carbocycles. The van der Waals surface area contributed by atoms with Crippen molar-refractivity contribution < 1.29 is 9.53 Å². The number of aryl methyl sites for hydroxylation is 1. The second-order valence-electron chi connectivity index (χ2n) is 9.14. The predicted molar refractivity (Wildman–Crippen MR) is 106 cm³/mol. The van der Waals surface area contributed by atoms with Crippen LogP contribution in [-0.4, -0.2) is 28.1 Å². The van der Waals surface area contributed by atoms with Gasteiger partial charge in [0.15, 0.2) is 0 Å². The number of aromatic nitrogens is 1. The number of ether oxygens (including phenoxy) is 1. The smallest absolute Gasteiger partial charge is 0.410 e. The molecule has 144 valence electrons. The van der Waals surface area contributed by atoms with E-state index in [9.17, 15) is 4.79 Å². The molecule has 1 N–H and O–H groups in total. The highest BCUT2D eigenvalue weighted by atomic mass is 16.6. The van der Waals surface area contributed by atoms with E-state index in [1.54, 1.807) is 0 Å². The van der Waals surface area contributed by atoms with Crippen LogP contribution >= 0.6 is 0 Å². The van der Waals surface area contributed by atoms with Gasteiger partial charge in [-0.15, -0.1) is 0 Å². The van der Waals surface area contributed by atoms with E-state index in [2.05, 4.69) is 37.9 Å². The fourth-order valence-corrected chi connectivity index (χ4v) is 4.47. The topological polar surface area (TPSA) is 45.3 Å². The summed E-state index contributed by atoms with van der Waals surface area (Å²) in [5, 5.41) is 2.51. The van der Waals surface area contributed by atoms with Crippen LogP contribution in [0.5, 0.6) is 0 Å².